The summed E-state index contributed by atoms with van der Waals surface area (Å²) < 4.78 is 10.6. The van der Waals surface area contributed by atoms with Gasteiger partial charge in [0.1, 0.15) is 17.3 Å². The molecule has 0 spiro atoms. The molecule has 0 aliphatic heterocycles. The van der Waals surface area contributed by atoms with E-state index in [0.717, 1.165) is 22.6 Å². The minimum atomic E-state index is -0.245. The number of methoxy groups -OCH3 is 1. The van der Waals surface area contributed by atoms with Crippen molar-refractivity contribution in [3.63, 3.8) is 0 Å². The third-order valence-corrected chi connectivity index (χ3v) is 3.24. The molecule has 1 aromatic heterocycles. The van der Waals surface area contributed by atoms with Crippen molar-refractivity contribution in [1.82, 2.24) is 0 Å². The van der Waals surface area contributed by atoms with Crippen LogP contribution in [0.4, 0.5) is 0 Å². The summed E-state index contributed by atoms with van der Waals surface area (Å²) in [5.74, 6) is 2.34. The monoisotopic (exact) mass is 265 g/mol. The highest BCUT2D eigenvalue weighted by Crippen LogP contribution is 2.31. The van der Waals surface area contributed by atoms with Crippen LogP contribution in [0.5, 0.6) is 5.75 Å². The molecule has 1 atom stereocenters. The molecular formula is C14H16ClNO2. The van der Waals surface area contributed by atoms with Gasteiger partial charge >= 0.3 is 0 Å². The Morgan fingerprint density at radius 3 is 2.50 bits per heavy atom. The van der Waals surface area contributed by atoms with E-state index in [1.54, 1.807) is 7.11 Å². The van der Waals surface area contributed by atoms with Gasteiger partial charge in [-0.15, -0.1) is 0 Å². The van der Waals surface area contributed by atoms with Crippen LogP contribution in [0.1, 0.15) is 28.7 Å². The zero-order chi connectivity index (χ0) is 13.3. The fourth-order valence-electron chi connectivity index (χ4n) is 2.01. The third-order valence-electron chi connectivity index (χ3n) is 2.95. The summed E-state index contributed by atoms with van der Waals surface area (Å²) in [4.78, 5) is 0. The molecule has 3 nitrogen and oxygen atoms in total. The predicted molar refractivity (Wildman–Crippen MR) is 72.2 cm³/mol. The number of hydrogen-bond donors (Lipinski definition) is 1. The number of hydrogen-bond acceptors (Lipinski definition) is 3. The smallest absolute Gasteiger partial charge is 0.137 e. The topological polar surface area (TPSA) is 48.4 Å². The highest BCUT2D eigenvalue weighted by atomic mass is 35.5. The van der Waals surface area contributed by atoms with E-state index in [4.69, 9.17) is 26.5 Å². The Kier molecular flexibility index (Phi) is 3.64. The van der Waals surface area contributed by atoms with E-state index in [9.17, 15) is 0 Å². The fourth-order valence-corrected chi connectivity index (χ4v) is 2.28. The molecule has 1 heterocycles. The van der Waals surface area contributed by atoms with Crippen LogP contribution in [0.2, 0.25) is 5.02 Å². The van der Waals surface area contributed by atoms with Crippen molar-refractivity contribution in [2.24, 2.45) is 5.73 Å². The second-order valence-corrected chi connectivity index (χ2v) is 4.65. The van der Waals surface area contributed by atoms with Crippen molar-refractivity contribution in [2.45, 2.75) is 19.9 Å². The summed E-state index contributed by atoms with van der Waals surface area (Å²) in [6, 6.07) is 7.27. The van der Waals surface area contributed by atoms with E-state index in [0.29, 0.717) is 10.8 Å². The van der Waals surface area contributed by atoms with Crippen molar-refractivity contribution >= 4 is 11.6 Å². The molecule has 2 aromatic rings. The van der Waals surface area contributed by atoms with Gasteiger partial charge in [-0.25, -0.2) is 0 Å². The highest BCUT2D eigenvalue weighted by Gasteiger charge is 2.16. The SMILES string of the molecule is COc1ccc(C(N)c2cc(C)oc2C)cc1Cl. The number of nitrogens with two attached hydrogens (primary N) is 1. The third kappa shape index (κ3) is 2.37. The molecular weight excluding hydrogens is 250 g/mol. The Hall–Kier alpha value is -1.45. The van der Waals surface area contributed by atoms with E-state index in [1.165, 1.54) is 0 Å². The molecule has 2 N–H and O–H groups in total. The Morgan fingerprint density at radius 1 is 1.28 bits per heavy atom. The van der Waals surface area contributed by atoms with Gasteiger partial charge in [0, 0.05) is 5.56 Å². The van der Waals surface area contributed by atoms with Gasteiger partial charge in [0.2, 0.25) is 0 Å². The van der Waals surface area contributed by atoms with Gasteiger partial charge in [-0.05, 0) is 37.6 Å². The van der Waals surface area contributed by atoms with Gasteiger partial charge in [0.15, 0.2) is 0 Å². The van der Waals surface area contributed by atoms with Gasteiger partial charge in [-0.2, -0.15) is 0 Å². The number of rotatable bonds is 3. The minimum Gasteiger partial charge on any atom is -0.495 e. The lowest BCUT2D eigenvalue weighted by Crippen LogP contribution is -2.12. The molecule has 0 aliphatic carbocycles. The first-order valence-corrected chi connectivity index (χ1v) is 6.06. The van der Waals surface area contributed by atoms with E-state index < -0.39 is 0 Å². The largest absolute Gasteiger partial charge is 0.495 e. The van der Waals surface area contributed by atoms with Crippen LogP contribution in [-0.4, -0.2) is 7.11 Å². The lowest BCUT2D eigenvalue weighted by atomic mass is 10.00. The number of ether oxygens (including phenoxy) is 1. The van der Waals surface area contributed by atoms with Crippen LogP contribution >= 0.6 is 11.6 Å². The second-order valence-electron chi connectivity index (χ2n) is 4.24. The van der Waals surface area contributed by atoms with Crippen LogP contribution < -0.4 is 10.5 Å². The maximum atomic E-state index is 6.23. The minimum absolute atomic E-state index is 0.245. The lowest BCUT2D eigenvalue weighted by Gasteiger charge is -2.13. The van der Waals surface area contributed by atoms with Crippen molar-refractivity contribution in [1.29, 1.82) is 0 Å². The Balaban J connectivity index is 2.37. The molecule has 1 unspecified atom stereocenters. The predicted octanol–water partition coefficient (Wildman–Crippen LogP) is 3.61. The normalized spacial score (nSPS) is 12.5. The molecule has 0 fully saturated rings. The Bertz CT molecular complexity index is 563. The quantitative estimate of drug-likeness (QED) is 0.922. The summed E-state index contributed by atoms with van der Waals surface area (Å²) in [6.07, 6.45) is 0. The summed E-state index contributed by atoms with van der Waals surface area (Å²) in [6.45, 7) is 3.82. The molecule has 0 bridgehead atoms. The van der Waals surface area contributed by atoms with Gasteiger partial charge in [0.05, 0.1) is 18.2 Å². The van der Waals surface area contributed by atoms with Gasteiger partial charge < -0.3 is 14.9 Å². The van der Waals surface area contributed by atoms with Crippen molar-refractivity contribution < 1.29 is 9.15 Å². The molecule has 96 valence electrons. The molecule has 0 radical (unpaired) electrons. The van der Waals surface area contributed by atoms with Crippen molar-refractivity contribution in [3.05, 3.63) is 51.9 Å². The van der Waals surface area contributed by atoms with Crippen LogP contribution in [0.25, 0.3) is 0 Å². The second kappa shape index (κ2) is 5.04. The number of furan rings is 1. The van der Waals surface area contributed by atoms with Gasteiger partial charge in [0.25, 0.3) is 0 Å². The average molecular weight is 266 g/mol. The van der Waals surface area contributed by atoms with Crippen LogP contribution in [0, 0.1) is 13.8 Å². The molecule has 2 rings (SSSR count). The van der Waals surface area contributed by atoms with E-state index in [-0.39, 0.29) is 6.04 Å². The Morgan fingerprint density at radius 2 is 2.00 bits per heavy atom. The van der Waals surface area contributed by atoms with E-state index in [2.05, 4.69) is 0 Å². The van der Waals surface area contributed by atoms with E-state index >= 15 is 0 Å². The summed E-state index contributed by atoms with van der Waals surface area (Å²) in [5.41, 5.74) is 8.15. The van der Waals surface area contributed by atoms with Crippen LogP contribution in [0.3, 0.4) is 0 Å². The number of benzene rings is 1. The summed E-state index contributed by atoms with van der Waals surface area (Å²) in [7, 11) is 1.59. The van der Waals surface area contributed by atoms with E-state index in [1.807, 2.05) is 38.1 Å². The lowest BCUT2D eigenvalue weighted by molar-refractivity contribution is 0.415. The number of aryl methyl sites for hydroxylation is 2. The molecule has 0 aliphatic rings. The zero-order valence-corrected chi connectivity index (χ0v) is 11.4. The summed E-state index contributed by atoms with van der Waals surface area (Å²) >= 11 is 6.10. The van der Waals surface area contributed by atoms with Crippen molar-refractivity contribution in [3.8, 4) is 5.75 Å². The van der Waals surface area contributed by atoms with Crippen LogP contribution in [-0.2, 0) is 0 Å². The molecule has 0 saturated carbocycles. The molecule has 4 heteroatoms. The maximum Gasteiger partial charge on any atom is 0.137 e. The summed E-state index contributed by atoms with van der Waals surface area (Å²) in [5, 5.41) is 0.559. The maximum absolute atomic E-state index is 6.23. The molecule has 1 aromatic carbocycles. The van der Waals surface area contributed by atoms with Gasteiger partial charge in [-0.1, -0.05) is 17.7 Å². The van der Waals surface area contributed by atoms with Crippen molar-refractivity contribution in [2.75, 3.05) is 7.11 Å². The number of halogens is 1. The molecule has 0 amide bonds. The first-order chi connectivity index (χ1) is 8.52. The standard InChI is InChI=1S/C14H16ClNO2/c1-8-6-11(9(2)18-8)14(16)10-4-5-13(17-3)12(15)7-10/h4-7,14H,16H2,1-3H3. The molecule has 18 heavy (non-hydrogen) atoms. The first-order valence-electron chi connectivity index (χ1n) is 5.69. The Labute approximate surface area is 111 Å². The molecule has 0 saturated heterocycles. The highest BCUT2D eigenvalue weighted by molar-refractivity contribution is 6.32. The van der Waals surface area contributed by atoms with Gasteiger partial charge in [-0.3, -0.25) is 0 Å². The first kappa shape index (κ1) is 13.0. The fraction of sp³-hybridized carbons (Fsp3) is 0.286. The zero-order valence-electron chi connectivity index (χ0n) is 10.7. The van der Waals surface area contributed by atoms with Crippen LogP contribution in [0.15, 0.2) is 28.7 Å². The average Bonchev–Trinajstić information content (AvgIpc) is 2.67.